The van der Waals surface area contributed by atoms with E-state index >= 15 is 0 Å². The number of esters is 1. The molecule has 1 aromatic carbocycles. The van der Waals surface area contributed by atoms with Crippen molar-refractivity contribution in [2.75, 3.05) is 14.2 Å². The highest BCUT2D eigenvalue weighted by Crippen LogP contribution is 2.38. The Balaban J connectivity index is 2.67. The largest absolute Gasteiger partial charge is 0.494 e. The van der Waals surface area contributed by atoms with Gasteiger partial charge in [-0.3, -0.25) is 0 Å². The Morgan fingerprint density at radius 1 is 1.30 bits per heavy atom. The second-order valence-electron chi connectivity index (χ2n) is 3.95. The molecule has 0 radical (unpaired) electrons. The van der Waals surface area contributed by atoms with Crippen molar-refractivity contribution in [3.05, 3.63) is 41.6 Å². The Kier molecular flexibility index (Phi) is 4.04. The van der Waals surface area contributed by atoms with Gasteiger partial charge in [0.15, 0.2) is 5.75 Å². The lowest BCUT2D eigenvalue weighted by Gasteiger charge is -2.08. The molecular weight excluding hydrogens is 287 g/mol. The molecule has 1 unspecified atom stereocenters. The number of rotatable bonds is 3. The highest BCUT2D eigenvalue weighted by atomic mass is 31.0. The molecule has 0 fully saturated rings. The molecule has 7 heteroatoms. The summed E-state index contributed by atoms with van der Waals surface area (Å²) in [5, 5.41) is 0. The van der Waals surface area contributed by atoms with Crippen LogP contribution in [-0.2, 0) is 4.74 Å². The summed E-state index contributed by atoms with van der Waals surface area (Å²) in [6, 6.07) is 3.18. The maximum Gasteiger partial charge on any atom is 0.343 e. The van der Waals surface area contributed by atoms with E-state index < -0.39 is 17.6 Å². The number of carbonyl (C=O) groups excluding carboxylic acids is 1. The van der Waals surface area contributed by atoms with Crippen molar-refractivity contribution in [2.24, 2.45) is 0 Å². The van der Waals surface area contributed by atoms with Crippen molar-refractivity contribution in [1.82, 2.24) is 4.34 Å². The lowest BCUT2D eigenvalue weighted by molar-refractivity contribution is 0.0597. The van der Waals surface area contributed by atoms with Crippen LogP contribution in [0.25, 0.3) is 11.3 Å². The Morgan fingerprint density at radius 3 is 2.55 bits per heavy atom. The summed E-state index contributed by atoms with van der Waals surface area (Å²) in [6.07, 6.45) is 1.44. The zero-order valence-corrected chi connectivity index (χ0v) is 12.0. The van der Waals surface area contributed by atoms with E-state index in [4.69, 9.17) is 4.74 Å². The zero-order chi connectivity index (χ0) is 14.9. The van der Waals surface area contributed by atoms with Gasteiger partial charge in [0.25, 0.3) is 0 Å². The van der Waals surface area contributed by atoms with E-state index in [0.29, 0.717) is 5.69 Å². The minimum absolute atomic E-state index is 0.119. The molecule has 1 aromatic heterocycles. The van der Waals surface area contributed by atoms with Gasteiger partial charge in [-0.15, -0.1) is 0 Å². The van der Waals surface area contributed by atoms with Gasteiger partial charge in [-0.25, -0.2) is 13.6 Å². The summed E-state index contributed by atoms with van der Waals surface area (Å²) in [5.41, 5.74) is 0.576. The van der Waals surface area contributed by atoms with Crippen LogP contribution in [0.15, 0.2) is 24.4 Å². The van der Waals surface area contributed by atoms with Crippen LogP contribution < -0.4 is 4.74 Å². The van der Waals surface area contributed by atoms with E-state index in [0.717, 1.165) is 12.1 Å². The molecule has 0 saturated carbocycles. The average molecular weight is 299 g/mol. The number of halogens is 2. The lowest BCUT2D eigenvalue weighted by Crippen LogP contribution is -2.01. The van der Waals surface area contributed by atoms with Gasteiger partial charge >= 0.3 is 5.97 Å². The number of carbonyl (C=O) groups is 1. The lowest BCUT2D eigenvalue weighted by atomic mass is 10.1. The first kappa shape index (κ1) is 14.5. The summed E-state index contributed by atoms with van der Waals surface area (Å²) in [5.74, 6) is -1.87. The SMILES string of the molecule is COC(=O)c1cn(P)c(-c2ccc(F)cc2F)c1OC. The van der Waals surface area contributed by atoms with E-state index in [1.54, 1.807) is 0 Å². The predicted octanol–water partition coefficient (Wildman–Crippen LogP) is 2.87. The van der Waals surface area contributed by atoms with E-state index in [1.807, 2.05) is 0 Å². The van der Waals surface area contributed by atoms with Crippen LogP contribution in [0.4, 0.5) is 8.78 Å². The van der Waals surface area contributed by atoms with Crippen LogP contribution >= 0.6 is 9.39 Å². The molecule has 0 bridgehead atoms. The molecule has 0 aliphatic carbocycles. The van der Waals surface area contributed by atoms with Gasteiger partial charge in [-0.2, -0.15) is 0 Å². The standard InChI is InChI=1S/C13H12F2NO3P/c1-18-12-9(13(17)19-2)6-16(20)11(12)8-4-3-7(14)5-10(8)15/h3-6H,20H2,1-2H3. The molecule has 4 nitrogen and oxygen atoms in total. The predicted molar refractivity (Wildman–Crippen MR) is 72.8 cm³/mol. The molecule has 0 saturated heterocycles. The third-order valence-electron chi connectivity index (χ3n) is 2.78. The van der Waals surface area contributed by atoms with Crippen molar-refractivity contribution in [3.8, 4) is 17.0 Å². The Labute approximate surface area is 116 Å². The number of nitrogens with zero attached hydrogens (tertiary/aromatic N) is 1. The van der Waals surface area contributed by atoms with Gasteiger partial charge in [0.1, 0.15) is 17.2 Å². The third-order valence-corrected chi connectivity index (χ3v) is 3.19. The first-order chi connectivity index (χ1) is 9.49. The average Bonchev–Trinajstić information content (AvgIpc) is 2.75. The van der Waals surface area contributed by atoms with Crippen molar-refractivity contribution >= 4 is 15.4 Å². The van der Waals surface area contributed by atoms with E-state index in [-0.39, 0.29) is 16.9 Å². The monoisotopic (exact) mass is 299 g/mol. The quantitative estimate of drug-likeness (QED) is 0.646. The second-order valence-corrected chi connectivity index (χ2v) is 4.50. The van der Waals surface area contributed by atoms with Crippen molar-refractivity contribution < 1.29 is 23.0 Å². The summed E-state index contributed by atoms with van der Waals surface area (Å²) in [4.78, 5) is 11.7. The summed E-state index contributed by atoms with van der Waals surface area (Å²) < 4.78 is 38.1. The van der Waals surface area contributed by atoms with Gasteiger partial charge in [-0.05, 0) is 21.5 Å². The highest BCUT2D eigenvalue weighted by molar-refractivity contribution is 7.14. The molecule has 1 heterocycles. The Morgan fingerprint density at radius 2 is 2.00 bits per heavy atom. The fourth-order valence-electron chi connectivity index (χ4n) is 1.91. The number of aromatic nitrogens is 1. The van der Waals surface area contributed by atoms with Crippen LogP contribution in [-0.4, -0.2) is 24.5 Å². The maximum absolute atomic E-state index is 13.9. The molecule has 0 spiro atoms. The van der Waals surface area contributed by atoms with Crippen molar-refractivity contribution in [1.29, 1.82) is 0 Å². The number of hydrogen-bond acceptors (Lipinski definition) is 3. The third kappa shape index (κ3) is 2.39. The number of ether oxygens (including phenoxy) is 2. The number of methoxy groups -OCH3 is 2. The molecule has 2 aromatic rings. The van der Waals surface area contributed by atoms with Crippen LogP contribution in [0.5, 0.6) is 5.75 Å². The molecule has 0 aliphatic rings. The van der Waals surface area contributed by atoms with E-state index in [2.05, 4.69) is 14.1 Å². The molecule has 20 heavy (non-hydrogen) atoms. The summed E-state index contributed by atoms with van der Waals surface area (Å²) in [7, 11) is 4.91. The zero-order valence-electron chi connectivity index (χ0n) is 10.8. The number of benzene rings is 1. The first-order valence-corrected chi connectivity index (χ1v) is 6.09. The van der Waals surface area contributed by atoms with Gasteiger partial charge in [-0.1, -0.05) is 0 Å². The Hall–Kier alpha value is -1.94. The van der Waals surface area contributed by atoms with Crippen LogP contribution in [0.3, 0.4) is 0 Å². The molecule has 2 rings (SSSR count). The number of hydrogen-bond donors (Lipinski definition) is 0. The second kappa shape index (κ2) is 5.59. The molecule has 106 valence electrons. The van der Waals surface area contributed by atoms with Gasteiger partial charge in [0.2, 0.25) is 0 Å². The molecule has 0 amide bonds. The minimum Gasteiger partial charge on any atom is -0.494 e. The fourth-order valence-corrected chi connectivity index (χ4v) is 2.32. The summed E-state index contributed by atoms with van der Waals surface area (Å²) in [6.45, 7) is 0. The van der Waals surface area contributed by atoms with Crippen LogP contribution in [0, 0.1) is 11.6 Å². The van der Waals surface area contributed by atoms with E-state index in [9.17, 15) is 13.6 Å². The summed E-state index contributed by atoms with van der Waals surface area (Å²) >= 11 is 0. The Bertz CT molecular complexity index is 670. The smallest absolute Gasteiger partial charge is 0.343 e. The van der Waals surface area contributed by atoms with E-state index in [1.165, 1.54) is 30.8 Å². The molecule has 1 atom stereocenters. The maximum atomic E-state index is 13.9. The molecule has 0 aliphatic heterocycles. The van der Waals surface area contributed by atoms with Crippen LogP contribution in [0.1, 0.15) is 10.4 Å². The van der Waals surface area contributed by atoms with Gasteiger partial charge in [0.05, 0.1) is 19.9 Å². The molecular formula is C13H12F2NO3P. The minimum atomic E-state index is -0.749. The van der Waals surface area contributed by atoms with Gasteiger partial charge < -0.3 is 13.8 Å². The van der Waals surface area contributed by atoms with Crippen LogP contribution in [0.2, 0.25) is 0 Å². The van der Waals surface area contributed by atoms with Crippen molar-refractivity contribution in [3.63, 3.8) is 0 Å². The highest BCUT2D eigenvalue weighted by Gasteiger charge is 2.24. The topological polar surface area (TPSA) is 40.5 Å². The van der Waals surface area contributed by atoms with Crippen molar-refractivity contribution in [2.45, 2.75) is 0 Å². The normalized spacial score (nSPS) is 10.4. The van der Waals surface area contributed by atoms with Gasteiger partial charge in [0, 0.05) is 17.8 Å². The first-order valence-electron chi connectivity index (χ1n) is 5.57. The molecule has 0 N–H and O–H groups in total. The fraction of sp³-hybridized carbons (Fsp3) is 0.154.